The molecule has 0 aliphatic rings. The fraction of sp³-hybridized carbons (Fsp3) is 0.333. The van der Waals surface area contributed by atoms with Crippen LogP contribution in [0.25, 0.3) is 0 Å². The van der Waals surface area contributed by atoms with Crippen molar-refractivity contribution >= 4 is 29.4 Å². The molecule has 0 bridgehead atoms. The molecule has 1 atom stereocenters. The number of nitro groups is 1. The van der Waals surface area contributed by atoms with Crippen LogP contribution in [0, 0.1) is 10.1 Å². The molecule has 18 heavy (non-hydrogen) atoms. The number of halogens is 1. The number of methoxy groups -OCH3 is 1. The van der Waals surface area contributed by atoms with E-state index in [1.165, 1.54) is 0 Å². The Morgan fingerprint density at radius 2 is 2.28 bits per heavy atom. The molecule has 1 N–H and O–H groups in total. The number of hydrogen-bond acceptors (Lipinski definition) is 6. The van der Waals surface area contributed by atoms with Crippen molar-refractivity contribution in [2.24, 2.45) is 0 Å². The van der Waals surface area contributed by atoms with Crippen LogP contribution in [0.1, 0.15) is 10.6 Å². The highest BCUT2D eigenvalue weighted by atomic mass is 35.5. The third-order valence-corrected chi connectivity index (χ3v) is 2.23. The van der Waals surface area contributed by atoms with Gasteiger partial charge in [-0.3, -0.25) is 19.7 Å². The lowest BCUT2D eigenvalue weighted by Crippen LogP contribution is -2.34. The molecule has 0 fully saturated rings. The normalized spacial score (nSPS) is 11.7. The summed E-state index contributed by atoms with van der Waals surface area (Å²) in [4.78, 5) is 32.0. The van der Waals surface area contributed by atoms with Gasteiger partial charge in [0.2, 0.25) is 0 Å². The summed E-state index contributed by atoms with van der Waals surface area (Å²) in [7, 11) is 1.16. The monoisotopic (exact) mass is 276 g/mol. The number of carbonyl (C=O) groups excluding carboxylic acids is 2. The molecule has 9 heteroatoms. The number of nitrogens with one attached hydrogen (secondary N) is 1. The average Bonchev–Trinajstić information content (AvgIpc) is 2.84. The molecule has 0 saturated heterocycles. The molecule has 0 aliphatic heterocycles. The predicted octanol–water partition coefficient (Wildman–Crippen LogP) is 0.698. The third-order valence-electron chi connectivity index (χ3n) is 1.89. The van der Waals surface area contributed by atoms with Crippen LogP contribution < -0.4 is 5.32 Å². The molecule has 1 aromatic heterocycles. The molecular formula is C9H9ClN2O6. The number of carbonyl (C=O) groups is 2. The number of amides is 1. The van der Waals surface area contributed by atoms with E-state index in [-0.39, 0.29) is 12.3 Å². The van der Waals surface area contributed by atoms with E-state index >= 15 is 0 Å². The Morgan fingerprint density at radius 3 is 2.78 bits per heavy atom. The van der Waals surface area contributed by atoms with Crippen molar-refractivity contribution in [2.45, 2.75) is 5.38 Å². The Kier molecular flexibility index (Phi) is 4.67. The fourth-order valence-corrected chi connectivity index (χ4v) is 1.19. The van der Waals surface area contributed by atoms with Crippen LogP contribution in [-0.4, -0.2) is 35.8 Å². The smallest absolute Gasteiger partial charge is 0.433 e. The Hall–Kier alpha value is -2.09. The molecule has 1 unspecified atom stereocenters. The van der Waals surface area contributed by atoms with Gasteiger partial charge in [0.15, 0.2) is 5.76 Å². The third kappa shape index (κ3) is 3.45. The highest BCUT2D eigenvalue weighted by molar-refractivity contribution is 6.30. The maximum Gasteiger partial charge on any atom is 0.433 e. The number of hydrogen-bond donors (Lipinski definition) is 1. The van der Waals surface area contributed by atoms with Gasteiger partial charge >= 0.3 is 11.9 Å². The van der Waals surface area contributed by atoms with Crippen molar-refractivity contribution in [3.63, 3.8) is 0 Å². The second kappa shape index (κ2) is 6.01. The first kappa shape index (κ1) is 14.0. The van der Waals surface area contributed by atoms with E-state index < -0.39 is 28.1 Å². The van der Waals surface area contributed by atoms with Crippen molar-refractivity contribution in [1.29, 1.82) is 0 Å². The van der Waals surface area contributed by atoms with E-state index in [0.717, 1.165) is 19.2 Å². The molecule has 0 aliphatic carbocycles. The molecule has 0 radical (unpaired) electrons. The van der Waals surface area contributed by atoms with E-state index in [1.54, 1.807) is 0 Å². The molecule has 0 spiro atoms. The fourth-order valence-electron chi connectivity index (χ4n) is 1.03. The van der Waals surface area contributed by atoms with Crippen molar-refractivity contribution < 1.29 is 23.7 Å². The van der Waals surface area contributed by atoms with Crippen LogP contribution in [0.15, 0.2) is 16.5 Å². The molecule has 1 amide bonds. The van der Waals surface area contributed by atoms with Gasteiger partial charge in [0.25, 0.3) is 5.91 Å². The summed E-state index contributed by atoms with van der Waals surface area (Å²) in [6.45, 7) is -0.179. The summed E-state index contributed by atoms with van der Waals surface area (Å²) in [5, 5.41) is 11.6. The molecule has 98 valence electrons. The Balaban J connectivity index is 2.55. The molecule has 8 nitrogen and oxygen atoms in total. The van der Waals surface area contributed by atoms with Crippen LogP contribution in [0.4, 0.5) is 5.88 Å². The van der Waals surface area contributed by atoms with E-state index in [0.29, 0.717) is 0 Å². The number of alkyl halides is 1. The average molecular weight is 277 g/mol. The van der Waals surface area contributed by atoms with Crippen molar-refractivity contribution in [2.75, 3.05) is 13.7 Å². The molecule has 0 aromatic carbocycles. The van der Waals surface area contributed by atoms with Gasteiger partial charge in [-0.1, -0.05) is 0 Å². The van der Waals surface area contributed by atoms with E-state index in [4.69, 9.17) is 11.6 Å². The minimum Gasteiger partial charge on any atom is -0.468 e. The van der Waals surface area contributed by atoms with Crippen LogP contribution in [-0.2, 0) is 9.53 Å². The van der Waals surface area contributed by atoms with Gasteiger partial charge in [0.1, 0.15) is 10.3 Å². The minimum atomic E-state index is -1.04. The van der Waals surface area contributed by atoms with E-state index in [2.05, 4.69) is 14.5 Å². The van der Waals surface area contributed by atoms with Crippen LogP contribution in [0.5, 0.6) is 0 Å². The Morgan fingerprint density at radius 1 is 1.61 bits per heavy atom. The van der Waals surface area contributed by atoms with Gasteiger partial charge in [-0.2, -0.15) is 0 Å². The summed E-state index contributed by atoms with van der Waals surface area (Å²) >= 11 is 5.59. The maximum atomic E-state index is 11.5. The zero-order valence-electron chi connectivity index (χ0n) is 9.21. The number of ether oxygens (including phenoxy) is 1. The Labute approximate surface area is 106 Å². The largest absolute Gasteiger partial charge is 0.468 e. The van der Waals surface area contributed by atoms with Crippen LogP contribution >= 0.6 is 11.6 Å². The van der Waals surface area contributed by atoms with E-state index in [1.807, 2.05) is 0 Å². The second-order valence-corrected chi connectivity index (χ2v) is 3.62. The van der Waals surface area contributed by atoms with Gasteiger partial charge in [0, 0.05) is 6.54 Å². The van der Waals surface area contributed by atoms with Gasteiger partial charge in [-0.05, 0) is 6.07 Å². The topological polar surface area (TPSA) is 112 Å². The summed E-state index contributed by atoms with van der Waals surface area (Å²) in [5.41, 5.74) is 0. The van der Waals surface area contributed by atoms with Gasteiger partial charge < -0.3 is 14.5 Å². The lowest BCUT2D eigenvalue weighted by molar-refractivity contribution is -0.402. The minimum absolute atomic E-state index is 0.179. The molecule has 1 aromatic rings. The SMILES string of the molecule is COC(=O)C(Cl)CNC(=O)c1ccc([N+](=O)[O-])o1. The van der Waals surface area contributed by atoms with Gasteiger partial charge in [-0.25, -0.2) is 0 Å². The first-order chi connectivity index (χ1) is 8.45. The lowest BCUT2D eigenvalue weighted by Gasteiger charge is -2.07. The van der Waals surface area contributed by atoms with Crippen molar-refractivity contribution in [1.82, 2.24) is 5.32 Å². The first-order valence-corrected chi connectivity index (χ1v) is 5.13. The molecule has 0 saturated carbocycles. The summed E-state index contributed by atoms with van der Waals surface area (Å²) in [6.07, 6.45) is 0. The number of esters is 1. The zero-order chi connectivity index (χ0) is 13.7. The van der Waals surface area contributed by atoms with Crippen molar-refractivity contribution in [3.8, 4) is 0 Å². The lowest BCUT2D eigenvalue weighted by atomic mass is 10.4. The van der Waals surface area contributed by atoms with Crippen LogP contribution in [0.2, 0.25) is 0 Å². The molecule has 1 rings (SSSR count). The summed E-state index contributed by atoms with van der Waals surface area (Å²) in [5.74, 6) is -2.19. The zero-order valence-corrected chi connectivity index (χ0v) is 9.97. The first-order valence-electron chi connectivity index (χ1n) is 4.70. The number of nitrogens with zero attached hydrogens (tertiary/aromatic N) is 1. The second-order valence-electron chi connectivity index (χ2n) is 3.10. The van der Waals surface area contributed by atoms with Crippen LogP contribution in [0.3, 0.4) is 0 Å². The van der Waals surface area contributed by atoms with Gasteiger partial charge in [0.05, 0.1) is 13.2 Å². The quantitative estimate of drug-likeness (QED) is 0.367. The Bertz CT molecular complexity index is 471. The van der Waals surface area contributed by atoms with E-state index in [9.17, 15) is 19.7 Å². The predicted molar refractivity (Wildman–Crippen MR) is 59.4 cm³/mol. The van der Waals surface area contributed by atoms with Crippen molar-refractivity contribution in [3.05, 3.63) is 28.0 Å². The summed E-state index contributed by atoms with van der Waals surface area (Å²) < 4.78 is 9.01. The molecule has 1 heterocycles. The summed E-state index contributed by atoms with van der Waals surface area (Å²) in [6, 6.07) is 2.20. The molecular weight excluding hydrogens is 268 g/mol. The standard InChI is InChI=1S/C9H9ClN2O6/c1-17-9(14)5(10)4-11-8(13)6-2-3-7(18-6)12(15)16/h2-3,5H,4H2,1H3,(H,11,13). The highest BCUT2D eigenvalue weighted by Crippen LogP contribution is 2.15. The maximum absolute atomic E-state index is 11.5. The number of rotatable bonds is 5. The highest BCUT2D eigenvalue weighted by Gasteiger charge is 2.20. The number of furan rings is 1. The van der Waals surface area contributed by atoms with Gasteiger partial charge in [-0.15, -0.1) is 11.6 Å².